The molecule has 31 heavy (non-hydrogen) atoms. The Morgan fingerprint density at radius 2 is 2.00 bits per heavy atom. The van der Waals surface area contributed by atoms with Crippen LogP contribution in [0.15, 0.2) is 47.5 Å². The zero-order chi connectivity index (χ0) is 21.6. The SMILES string of the molecule is CCNC(=NCCC(=O)Nc1cccc(C)n1)NC1CC(C)(C)Oc2ccccc21.I. The average molecular weight is 537 g/mol. The number of guanidine groups is 1. The smallest absolute Gasteiger partial charge is 0.227 e. The summed E-state index contributed by atoms with van der Waals surface area (Å²) in [5, 5.41) is 9.60. The van der Waals surface area contributed by atoms with Crippen LogP contribution >= 0.6 is 24.0 Å². The molecule has 0 spiro atoms. The number of rotatable bonds is 6. The molecule has 7 nitrogen and oxygen atoms in total. The van der Waals surface area contributed by atoms with Gasteiger partial charge in [-0.05, 0) is 45.9 Å². The van der Waals surface area contributed by atoms with Crippen molar-refractivity contribution < 1.29 is 9.53 Å². The molecule has 1 aliphatic heterocycles. The summed E-state index contributed by atoms with van der Waals surface area (Å²) in [6.07, 6.45) is 1.09. The van der Waals surface area contributed by atoms with Crippen LogP contribution in [0.4, 0.5) is 5.82 Å². The molecule has 2 heterocycles. The Balaban J connectivity index is 0.00000341. The quantitative estimate of drug-likeness (QED) is 0.292. The fourth-order valence-corrected chi connectivity index (χ4v) is 3.50. The van der Waals surface area contributed by atoms with Crippen molar-refractivity contribution in [3.05, 3.63) is 53.7 Å². The molecule has 8 heteroatoms. The standard InChI is InChI=1S/C23H31N5O2.HI/c1-5-24-22(25-14-13-21(29)28-20-12-8-9-16(2)26-20)27-18-15-23(3,4)30-19-11-7-6-10-17(18)19;/h6-12,18H,5,13-15H2,1-4H3,(H2,24,25,27)(H,26,28,29);1H. The second kappa shape index (κ2) is 11.3. The number of benzene rings is 1. The summed E-state index contributed by atoms with van der Waals surface area (Å²) in [5.74, 6) is 2.05. The number of halogens is 1. The maximum atomic E-state index is 12.2. The van der Waals surface area contributed by atoms with E-state index in [-0.39, 0.29) is 47.9 Å². The van der Waals surface area contributed by atoms with E-state index in [0.29, 0.717) is 18.3 Å². The lowest BCUT2D eigenvalue weighted by Gasteiger charge is -2.38. The van der Waals surface area contributed by atoms with E-state index < -0.39 is 0 Å². The summed E-state index contributed by atoms with van der Waals surface area (Å²) in [6.45, 7) is 9.21. The van der Waals surface area contributed by atoms with Crippen molar-refractivity contribution in [2.24, 2.45) is 4.99 Å². The minimum absolute atomic E-state index is 0. The average Bonchev–Trinajstić information content (AvgIpc) is 2.67. The van der Waals surface area contributed by atoms with Crippen LogP contribution in [0, 0.1) is 6.92 Å². The van der Waals surface area contributed by atoms with Gasteiger partial charge in [0.25, 0.3) is 0 Å². The fourth-order valence-electron chi connectivity index (χ4n) is 3.50. The van der Waals surface area contributed by atoms with Crippen molar-refractivity contribution >= 4 is 41.7 Å². The van der Waals surface area contributed by atoms with Gasteiger partial charge < -0.3 is 20.7 Å². The van der Waals surface area contributed by atoms with Gasteiger partial charge in [-0.15, -0.1) is 24.0 Å². The molecule has 1 aromatic carbocycles. The molecule has 1 amide bonds. The second-order valence-corrected chi connectivity index (χ2v) is 8.02. The predicted molar refractivity (Wildman–Crippen MR) is 135 cm³/mol. The normalized spacial score (nSPS) is 16.9. The zero-order valence-corrected chi connectivity index (χ0v) is 20.9. The number of para-hydroxylation sites is 1. The Hall–Kier alpha value is -2.36. The summed E-state index contributed by atoms with van der Waals surface area (Å²) < 4.78 is 6.11. The first-order valence-corrected chi connectivity index (χ1v) is 10.4. The molecule has 0 aliphatic carbocycles. The highest BCUT2D eigenvalue weighted by atomic mass is 127. The topological polar surface area (TPSA) is 87.6 Å². The van der Waals surface area contributed by atoms with Gasteiger partial charge in [-0.25, -0.2) is 4.98 Å². The van der Waals surface area contributed by atoms with Crippen LogP contribution in [-0.2, 0) is 4.79 Å². The van der Waals surface area contributed by atoms with Crippen molar-refractivity contribution in [2.45, 2.75) is 52.2 Å². The Morgan fingerprint density at radius 1 is 1.23 bits per heavy atom. The van der Waals surface area contributed by atoms with Gasteiger partial charge >= 0.3 is 0 Å². The van der Waals surface area contributed by atoms with Crippen LogP contribution in [0.1, 0.15) is 50.9 Å². The minimum atomic E-state index is -0.274. The molecule has 1 unspecified atom stereocenters. The first kappa shape index (κ1) is 24.9. The highest BCUT2D eigenvalue weighted by Crippen LogP contribution is 2.39. The molecule has 1 aromatic heterocycles. The molecule has 0 fully saturated rings. The van der Waals surface area contributed by atoms with Crippen LogP contribution < -0.4 is 20.7 Å². The van der Waals surface area contributed by atoms with Gasteiger partial charge in [0.15, 0.2) is 5.96 Å². The lowest BCUT2D eigenvalue weighted by molar-refractivity contribution is -0.116. The van der Waals surface area contributed by atoms with Gasteiger partial charge in [-0.2, -0.15) is 0 Å². The van der Waals surface area contributed by atoms with Crippen molar-refractivity contribution in [2.75, 3.05) is 18.4 Å². The number of fused-ring (bicyclic) bond motifs is 1. The Kier molecular flexibility index (Phi) is 9.09. The number of aryl methyl sites for hydroxylation is 1. The molecular weight excluding hydrogens is 505 g/mol. The molecular formula is C23H32IN5O2. The Bertz CT molecular complexity index is 916. The molecule has 3 N–H and O–H groups in total. The summed E-state index contributed by atoms with van der Waals surface area (Å²) in [6, 6.07) is 13.7. The van der Waals surface area contributed by atoms with Gasteiger partial charge in [0.2, 0.25) is 5.91 Å². The van der Waals surface area contributed by atoms with Gasteiger partial charge in [-0.1, -0.05) is 24.3 Å². The number of ether oxygens (including phenoxy) is 1. The summed E-state index contributed by atoms with van der Waals surface area (Å²) in [7, 11) is 0. The van der Waals surface area contributed by atoms with Gasteiger partial charge in [0.1, 0.15) is 17.2 Å². The van der Waals surface area contributed by atoms with E-state index in [9.17, 15) is 4.79 Å². The predicted octanol–water partition coefficient (Wildman–Crippen LogP) is 4.19. The van der Waals surface area contributed by atoms with Crippen LogP contribution in [0.5, 0.6) is 5.75 Å². The maximum absolute atomic E-state index is 12.2. The van der Waals surface area contributed by atoms with Crippen molar-refractivity contribution in [1.82, 2.24) is 15.6 Å². The molecule has 168 valence electrons. The van der Waals surface area contributed by atoms with Crippen molar-refractivity contribution in [1.29, 1.82) is 0 Å². The van der Waals surface area contributed by atoms with E-state index in [4.69, 9.17) is 4.74 Å². The van der Waals surface area contributed by atoms with Crippen LogP contribution in [0.2, 0.25) is 0 Å². The highest BCUT2D eigenvalue weighted by molar-refractivity contribution is 14.0. The van der Waals surface area contributed by atoms with Crippen molar-refractivity contribution in [3.63, 3.8) is 0 Å². The number of hydrogen-bond acceptors (Lipinski definition) is 4. The number of hydrogen-bond donors (Lipinski definition) is 3. The molecule has 1 atom stereocenters. The maximum Gasteiger partial charge on any atom is 0.227 e. The van der Waals surface area contributed by atoms with E-state index in [0.717, 1.165) is 30.0 Å². The second-order valence-electron chi connectivity index (χ2n) is 8.02. The number of aromatic nitrogens is 1. The molecule has 0 saturated carbocycles. The van der Waals surface area contributed by atoms with Crippen LogP contribution in [0.25, 0.3) is 0 Å². The van der Waals surface area contributed by atoms with E-state index in [1.54, 1.807) is 6.07 Å². The number of carbonyl (C=O) groups is 1. The van der Waals surface area contributed by atoms with Crippen molar-refractivity contribution in [3.8, 4) is 5.75 Å². The molecule has 0 bridgehead atoms. The van der Waals surface area contributed by atoms with E-state index in [2.05, 4.69) is 45.8 Å². The largest absolute Gasteiger partial charge is 0.487 e. The minimum Gasteiger partial charge on any atom is -0.487 e. The number of amides is 1. The van der Waals surface area contributed by atoms with E-state index in [1.807, 2.05) is 44.2 Å². The number of aliphatic imine (C=N–C) groups is 1. The summed E-state index contributed by atoms with van der Waals surface area (Å²) in [4.78, 5) is 21.1. The van der Waals surface area contributed by atoms with Crippen LogP contribution in [-0.4, -0.2) is 35.5 Å². The lowest BCUT2D eigenvalue weighted by atomic mass is 9.90. The first-order chi connectivity index (χ1) is 14.4. The third kappa shape index (κ3) is 7.37. The first-order valence-electron chi connectivity index (χ1n) is 10.4. The van der Waals surface area contributed by atoms with Gasteiger partial charge in [0, 0.05) is 30.6 Å². The summed E-state index contributed by atoms with van der Waals surface area (Å²) in [5.41, 5.74) is 1.71. The third-order valence-corrected chi connectivity index (χ3v) is 4.80. The summed E-state index contributed by atoms with van der Waals surface area (Å²) >= 11 is 0. The van der Waals surface area contributed by atoms with Crippen LogP contribution in [0.3, 0.4) is 0 Å². The Morgan fingerprint density at radius 3 is 2.74 bits per heavy atom. The highest BCUT2D eigenvalue weighted by Gasteiger charge is 2.33. The Labute approximate surface area is 201 Å². The third-order valence-electron chi connectivity index (χ3n) is 4.80. The lowest BCUT2D eigenvalue weighted by Crippen LogP contribution is -2.45. The van der Waals surface area contributed by atoms with E-state index >= 15 is 0 Å². The number of anilines is 1. The monoisotopic (exact) mass is 537 g/mol. The fraction of sp³-hybridized carbons (Fsp3) is 0.435. The zero-order valence-electron chi connectivity index (χ0n) is 18.6. The molecule has 0 radical (unpaired) electrons. The molecule has 1 aliphatic rings. The number of carbonyl (C=O) groups excluding carboxylic acids is 1. The molecule has 2 aromatic rings. The van der Waals surface area contributed by atoms with Gasteiger partial charge in [-0.3, -0.25) is 9.79 Å². The number of pyridine rings is 1. The molecule has 3 rings (SSSR count). The number of nitrogens with one attached hydrogen (secondary N) is 3. The molecule has 0 saturated heterocycles. The van der Waals surface area contributed by atoms with Gasteiger partial charge in [0.05, 0.1) is 12.6 Å². The van der Waals surface area contributed by atoms with E-state index in [1.165, 1.54) is 0 Å². The number of nitrogens with zero attached hydrogens (tertiary/aromatic N) is 2.